The number of nitrogens with zero attached hydrogens (tertiary/aromatic N) is 1. The van der Waals surface area contributed by atoms with Gasteiger partial charge < -0.3 is 20.3 Å². The van der Waals surface area contributed by atoms with Crippen molar-refractivity contribution in [2.45, 2.75) is 12.3 Å². The maximum Gasteiger partial charge on any atom is 0.321 e. The van der Waals surface area contributed by atoms with E-state index in [1.165, 1.54) is 4.90 Å². The number of rotatable bonds is 3. The zero-order chi connectivity index (χ0) is 17.8. The molecular formula is C19H21N3O3. The van der Waals surface area contributed by atoms with Crippen molar-refractivity contribution in [1.82, 2.24) is 4.90 Å². The third kappa shape index (κ3) is 3.74. The Balaban J connectivity index is 1.79. The summed E-state index contributed by atoms with van der Waals surface area (Å²) >= 11 is 0. The van der Waals surface area contributed by atoms with E-state index in [9.17, 15) is 9.59 Å². The lowest BCUT2D eigenvalue weighted by Crippen LogP contribution is -2.29. The maximum absolute atomic E-state index is 12.8. The quantitative estimate of drug-likeness (QED) is 0.901. The van der Waals surface area contributed by atoms with Gasteiger partial charge in [-0.2, -0.15) is 0 Å². The predicted molar refractivity (Wildman–Crippen MR) is 97.1 cm³/mol. The summed E-state index contributed by atoms with van der Waals surface area (Å²) in [7, 11) is 3.32. The van der Waals surface area contributed by atoms with Gasteiger partial charge in [0.15, 0.2) is 0 Å². The third-order valence-corrected chi connectivity index (χ3v) is 4.11. The molecule has 0 aromatic heterocycles. The van der Waals surface area contributed by atoms with Crippen LogP contribution < -0.4 is 15.4 Å². The molecule has 2 N–H and O–H groups in total. The second-order valence-corrected chi connectivity index (χ2v) is 6.09. The van der Waals surface area contributed by atoms with Crippen LogP contribution in [0.4, 0.5) is 16.2 Å². The molecule has 25 heavy (non-hydrogen) atoms. The van der Waals surface area contributed by atoms with Gasteiger partial charge in [-0.05, 0) is 24.6 Å². The fourth-order valence-electron chi connectivity index (χ4n) is 2.76. The van der Waals surface area contributed by atoms with Gasteiger partial charge in [-0.25, -0.2) is 4.79 Å². The SMILES string of the molecule is CN(C)C(=O)Nc1ccccc1NC(=O)[C@H]1CCOc2ccccc21. The number of carbonyl (C=O) groups is 2. The number of fused-ring (bicyclic) bond motifs is 1. The number of carbonyl (C=O) groups excluding carboxylic acids is 2. The van der Waals surface area contributed by atoms with Crippen LogP contribution in [0.25, 0.3) is 0 Å². The molecule has 0 spiro atoms. The van der Waals surface area contributed by atoms with E-state index in [2.05, 4.69) is 10.6 Å². The first-order chi connectivity index (χ1) is 12.1. The summed E-state index contributed by atoms with van der Waals surface area (Å²) < 4.78 is 5.61. The van der Waals surface area contributed by atoms with E-state index in [0.717, 1.165) is 11.3 Å². The van der Waals surface area contributed by atoms with Gasteiger partial charge in [0.2, 0.25) is 5.91 Å². The Kier molecular flexibility index (Phi) is 4.88. The summed E-state index contributed by atoms with van der Waals surface area (Å²) in [5.41, 5.74) is 2.03. The predicted octanol–water partition coefficient (Wildman–Crippen LogP) is 3.28. The van der Waals surface area contributed by atoms with Gasteiger partial charge in [-0.1, -0.05) is 30.3 Å². The lowest BCUT2D eigenvalue weighted by atomic mass is 9.92. The highest BCUT2D eigenvalue weighted by Crippen LogP contribution is 2.34. The minimum atomic E-state index is -0.275. The molecule has 130 valence electrons. The Morgan fingerprint density at radius 1 is 1.00 bits per heavy atom. The molecule has 0 radical (unpaired) electrons. The smallest absolute Gasteiger partial charge is 0.321 e. The molecule has 0 bridgehead atoms. The fraction of sp³-hybridized carbons (Fsp3) is 0.263. The summed E-state index contributed by atoms with van der Waals surface area (Å²) in [4.78, 5) is 26.2. The highest BCUT2D eigenvalue weighted by Gasteiger charge is 2.27. The third-order valence-electron chi connectivity index (χ3n) is 4.11. The number of nitrogens with one attached hydrogen (secondary N) is 2. The molecule has 6 nitrogen and oxygen atoms in total. The Morgan fingerprint density at radius 3 is 2.36 bits per heavy atom. The van der Waals surface area contributed by atoms with E-state index in [4.69, 9.17) is 4.74 Å². The van der Waals surface area contributed by atoms with E-state index < -0.39 is 0 Å². The normalized spacial score (nSPS) is 15.5. The number of amides is 3. The Bertz CT molecular complexity index is 789. The van der Waals surface area contributed by atoms with Crippen molar-refractivity contribution >= 4 is 23.3 Å². The standard InChI is InChI=1S/C19H21N3O3/c1-22(2)19(24)21-16-9-5-4-8-15(16)20-18(23)14-11-12-25-17-10-6-3-7-13(14)17/h3-10,14H,11-12H2,1-2H3,(H,20,23)(H,21,24)/t14-/m0/s1. The zero-order valence-electron chi connectivity index (χ0n) is 14.3. The molecule has 1 heterocycles. The van der Waals surface area contributed by atoms with Gasteiger partial charge in [0.05, 0.1) is 23.9 Å². The Hall–Kier alpha value is -3.02. The van der Waals surface area contributed by atoms with Crippen LogP contribution in [0.3, 0.4) is 0 Å². The number of para-hydroxylation sites is 3. The lowest BCUT2D eigenvalue weighted by molar-refractivity contribution is -0.118. The summed E-state index contributed by atoms with van der Waals surface area (Å²) in [6.07, 6.45) is 0.620. The Labute approximate surface area is 146 Å². The molecule has 0 saturated carbocycles. The van der Waals surface area contributed by atoms with Crippen LogP contribution in [0.2, 0.25) is 0 Å². The van der Waals surface area contributed by atoms with Crippen LogP contribution in [0, 0.1) is 0 Å². The van der Waals surface area contributed by atoms with Crippen molar-refractivity contribution in [3.05, 3.63) is 54.1 Å². The highest BCUT2D eigenvalue weighted by atomic mass is 16.5. The van der Waals surface area contributed by atoms with Gasteiger partial charge in [0.25, 0.3) is 0 Å². The average Bonchev–Trinajstić information content (AvgIpc) is 2.62. The second kappa shape index (κ2) is 7.25. The molecule has 0 fully saturated rings. The highest BCUT2D eigenvalue weighted by molar-refractivity contribution is 6.01. The number of anilines is 2. The van der Waals surface area contributed by atoms with Gasteiger partial charge in [-0.3, -0.25) is 4.79 Å². The first-order valence-electron chi connectivity index (χ1n) is 8.16. The van der Waals surface area contributed by atoms with E-state index in [1.807, 2.05) is 36.4 Å². The summed E-state index contributed by atoms with van der Waals surface area (Å²) in [6, 6.07) is 14.5. The molecule has 3 amide bonds. The molecular weight excluding hydrogens is 318 g/mol. The van der Waals surface area contributed by atoms with Crippen molar-refractivity contribution in [1.29, 1.82) is 0 Å². The first-order valence-corrected chi connectivity index (χ1v) is 8.16. The van der Waals surface area contributed by atoms with Crippen molar-refractivity contribution in [2.75, 3.05) is 31.3 Å². The van der Waals surface area contributed by atoms with Crippen LogP contribution in [0.1, 0.15) is 17.9 Å². The summed E-state index contributed by atoms with van der Waals surface area (Å²) in [5.74, 6) is 0.368. The van der Waals surface area contributed by atoms with Crippen molar-refractivity contribution in [2.24, 2.45) is 0 Å². The number of hydrogen-bond donors (Lipinski definition) is 2. The molecule has 1 aliphatic rings. The zero-order valence-corrected chi connectivity index (χ0v) is 14.3. The number of urea groups is 1. The molecule has 6 heteroatoms. The average molecular weight is 339 g/mol. The van der Waals surface area contributed by atoms with Crippen LogP contribution >= 0.6 is 0 Å². The van der Waals surface area contributed by atoms with E-state index in [0.29, 0.717) is 24.4 Å². The van der Waals surface area contributed by atoms with Crippen molar-refractivity contribution in [3.8, 4) is 5.75 Å². The van der Waals surface area contributed by atoms with Crippen LogP contribution in [-0.2, 0) is 4.79 Å². The maximum atomic E-state index is 12.8. The summed E-state index contributed by atoms with van der Waals surface area (Å²) in [5, 5.41) is 5.72. The second-order valence-electron chi connectivity index (χ2n) is 6.09. The Morgan fingerprint density at radius 2 is 1.64 bits per heavy atom. The molecule has 1 atom stereocenters. The minimum absolute atomic E-state index is 0.109. The van der Waals surface area contributed by atoms with E-state index in [-0.39, 0.29) is 17.9 Å². The molecule has 0 saturated heterocycles. The topological polar surface area (TPSA) is 70.7 Å². The molecule has 1 aliphatic heterocycles. The molecule has 0 unspecified atom stereocenters. The number of hydrogen-bond acceptors (Lipinski definition) is 3. The van der Waals surface area contributed by atoms with Gasteiger partial charge in [-0.15, -0.1) is 0 Å². The van der Waals surface area contributed by atoms with Crippen LogP contribution in [0.5, 0.6) is 5.75 Å². The van der Waals surface area contributed by atoms with Crippen LogP contribution in [-0.4, -0.2) is 37.5 Å². The van der Waals surface area contributed by atoms with Gasteiger partial charge >= 0.3 is 6.03 Å². The number of benzene rings is 2. The van der Waals surface area contributed by atoms with Gasteiger partial charge in [0, 0.05) is 19.7 Å². The van der Waals surface area contributed by atoms with Crippen molar-refractivity contribution in [3.63, 3.8) is 0 Å². The van der Waals surface area contributed by atoms with Gasteiger partial charge in [0.1, 0.15) is 5.75 Å². The molecule has 3 rings (SSSR count). The van der Waals surface area contributed by atoms with Crippen LogP contribution in [0.15, 0.2) is 48.5 Å². The first kappa shape index (κ1) is 16.8. The fourth-order valence-corrected chi connectivity index (χ4v) is 2.76. The minimum Gasteiger partial charge on any atom is -0.493 e. The lowest BCUT2D eigenvalue weighted by Gasteiger charge is -2.25. The van der Waals surface area contributed by atoms with E-state index >= 15 is 0 Å². The summed E-state index contributed by atoms with van der Waals surface area (Å²) in [6.45, 7) is 0.508. The van der Waals surface area contributed by atoms with E-state index in [1.54, 1.807) is 26.2 Å². The molecule has 2 aromatic rings. The largest absolute Gasteiger partial charge is 0.493 e. The number of ether oxygens (including phenoxy) is 1. The molecule has 2 aromatic carbocycles. The monoisotopic (exact) mass is 339 g/mol. The van der Waals surface area contributed by atoms with Crippen molar-refractivity contribution < 1.29 is 14.3 Å². The molecule has 0 aliphatic carbocycles.